The van der Waals surface area contributed by atoms with E-state index >= 15 is 0 Å². The predicted molar refractivity (Wildman–Crippen MR) is 108 cm³/mol. The normalized spacial score (nSPS) is 13.0. The molecule has 0 spiro atoms. The van der Waals surface area contributed by atoms with Gasteiger partial charge in [0.05, 0.1) is 18.9 Å². The average molecular weight is 460 g/mol. The van der Waals surface area contributed by atoms with E-state index in [4.69, 9.17) is 33.1 Å². The molecule has 3 atom stereocenters. The second-order valence-electron chi connectivity index (χ2n) is 6.56. The van der Waals surface area contributed by atoms with Gasteiger partial charge in [0.25, 0.3) is 0 Å². The zero-order valence-corrected chi connectivity index (χ0v) is 17.1. The molecule has 4 amide bonds. The summed E-state index contributed by atoms with van der Waals surface area (Å²) in [7, 11) is 0. The van der Waals surface area contributed by atoms with Gasteiger partial charge in [0.15, 0.2) is 5.96 Å². The number of guanidine groups is 1. The second kappa shape index (κ2) is 14.1. The van der Waals surface area contributed by atoms with Crippen LogP contribution in [0.15, 0.2) is 4.99 Å². The van der Waals surface area contributed by atoms with Crippen molar-refractivity contribution in [1.29, 1.82) is 0 Å². The Balaban J connectivity index is 5.18. The van der Waals surface area contributed by atoms with E-state index in [1.807, 2.05) is 5.32 Å². The Labute approximate surface area is 182 Å². The molecule has 0 rings (SSSR count). The van der Waals surface area contributed by atoms with Crippen molar-refractivity contribution in [2.24, 2.45) is 27.9 Å². The van der Waals surface area contributed by atoms with E-state index < -0.39 is 73.1 Å². The van der Waals surface area contributed by atoms with Crippen LogP contribution in [-0.2, 0) is 28.8 Å². The number of carbonyl (C=O) groups excluding carboxylic acids is 4. The number of primary amides is 1. The lowest BCUT2D eigenvalue weighted by Crippen LogP contribution is -2.57. The van der Waals surface area contributed by atoms with Crippen molar-refractivity contribution in [3.63, 3.8) is 0 Å². The van der Waals surface area contributed by atoms with E-state index in [0.717, 1.165) is 0 Å². The van der Waals surface area contributed by atoms with Crippen LogP contribution in [0, 0.1) is 0 Å². The molecule has 0 aliphatic rings. The number of carboxylic acid groups (broad SMARTS) is 2. The number of hydrogen-bond donors (Lipinski definition) is 9. The minimum atomic E-state index is -1.68. The number of nitrogens with two attached hydrogens (primary N) is 4. The van der Waals surface area contributed by atoms with Gasteiger partial charge in [-0.2, -0.15) is 0 Å². The Kier molecular flexibility index (Phi) is 12.4. The Morgan fingerprint density at radius 2 is 1.38 bits per heavy atom. The van der Waals surface area contributed by atoms with E-state index in [0.29, 0.717) is 6.42 Å². The molecule has 0 saturated heterocycles. The monoisotopic (exact) mass is 460 g/mol. The highest BCUT2D eigenvalue weighted by Gasteiger charge is 2.30. The third-order valence-corrected chi connectivity index (χ3v) is 3.77. The number of amides is 4. The van der Waals surface area contributed by atoms with E-state index in [9.17, 15) is 28.8 Å². The third-order valence-electron chi connectivity index (χ3n) is 3.77. The maximum atomic E-state index is 12.5. The number of aliphatic carboxylic acids is 2. The molecule has 3 unspecified atom stereocenters. The lowest BCUT2D eigenvalue weighted by Gasteiger charge is -2.22. The van der Waals surface area contributed by atoms with Gasteiger partial charge in [-0.05, 0) is 12.8 Å². The van der Waals surface area contributed by atoms with Crippen molar-refractivity contribution in [3.05, 3.63) is 0 Å². The summed E-state index contributed by atoms with van der Waals surface area (Å²) in [6.07, 6.45) is -1.09. The van der Waals surface area contributed by atoms with Crippen molar-refractivity contribution in [2.45, 2.75) is 43.8 Å². The summed E-state index contributed by atoms with van der Waals surface area (Å²) >= 11 is 0. The Morgan fingerprint density at radius 3 is 1.88 bits per heavy atom. The van der Waals surface area contributed by atoms with Crippen molar-refractivity contribution < 1.29 is 39.0 Å². The lowest BCUT2D eigenvalue weighted by molar-refractivity contribution is -0.142. The average Bonchev–Trinajstić information content (AvgIpc) is 2.67. The summed E-state index contributed by atoms with van der Waals surface area (Å²) in [6, 6.07) is -4.34. The number of carboxylic acids is 2. The standard InChI is InChI=1S/C16H28N8O8/c17-7(2-1-3-21-16(19)20)13(30)23-8(4-10(18)25)15(32)24-9(5-11(26)27)14(31)22-6-12(28)29/h7-9H,1-6,17H2,(H2,18,25)(H,22,31)(H,23,30)(H,24,32)(H,26,27)(H,28,29)(H4,19,20,21). The van der Waals surface area contributed by atoms with Gasteiger partial charge in [-0.3, -0.25) is 33.8 Å². The van der Waals surface area contributed by atoms with Gasteiger partial charge in [-0.1, -0.05) is 0 Å². The molecule has 0 aromatic heterocycles. The fraction of sp³-hybridized carbons (Fsp3) is 0.562. The van der Waals surface area contributed by atoms with Gasteiger partial charge in [0.2, 0.25) is 23.6 Å². The summed E-state index contributed by atoms with van der Waals surface area (Å²) in [5.74, 6) is -6.99. The number of nitrogens with one attached hydrogen (secondary N) is 3. The molecular formula is C16H28N8O8. The summed E-state index contributed by atoms with van der Waals surface area (Å²) in [4.78, 5) is 73.3. The first kappa shape index (κ1) is 28.0. The number of rotatable bonds is 15. The number of aliphatic imine (C=N–C) groups is 1. The molecule has 0 aliphatic heterocycles. The molecule has 0 aliphatic carbocycles. The third kappa shape index (κ3) is 12.6. The van der Waals surface area contributed by atoms with Crippen LogP contribution in [0.2, 0.25) is 0 Å². The Bertz CT molecular complexity index is 752. The molecule has 0 heterocycles. The maximum absolute atomic E-state index is 12.5. The number of carbonyl (C=O) groups is 6. The van der Waals surface area contributed by atoms with Gasteiger partial charge in [0, 0.05) is 6.54 Å². The molecule has 16 nitrogen and oxygen atoms in total. The van der Waals surface area contributed by atoms with Crippen molar-refractivity contribution >= 4 is 41.5 Å². The molecule has 16 heteroatoms. The molecular weight excluding hydrogens is 432 g/mol. The fourth-order valence-electron chi connectivity index (χ4n) is 2.28. The molecule has 0 aromatic carbocycles. The van der Waals surface area contributed by atoms with E-state index in [2.05, 4.69) is 15.6 Å². The molecule has 0 fully saturated rings. The first-order valence-corrected chi connectivity index (χ1v) is 9.24. The minimum Gasteiger partial charge on any atom is -0.481 e. The summed E-state index contributed by atoms with van der Waals surface area (Å²) < 4.78 is 0. The van der Waals surface area contributed by atoms with Gasteiger partial charge >= 0.3 is 11.9 Å². The lowest BCUT2D eigenvalue weighted by atomic mass is 10.1. The number of nitrogens with zero attached hydrogens (tertiary/aromatic N) is 1. The highest BCUT2D eigenvalue weighted by molar-refractivity contribution is 5.96. The largest absolute Gasteiger partial charge is 0.481 e. The van der Waals surface area contributed by atoms with E-state index in [1.165, 1.54) is 0 Å². The zero-order chi connectivity index (χ0) is 24.8. The topological polar surface area (TPSA) is 295 Å². The van der Waals surface area contributed by atoms with Crippen molar-refractivity contribution in [2.75, 3.05) is 13.1 Å². The van der Waals surface area contributed by atoms with Gasteiger partial charge in [-0.15, -0.1) is 0 Å². The van der Waals surface area contributed by atoms with Gasteiger partial charge in [0.1, 0.15) is 18.6 Å². The predicted octanol–water partition coefficient (Wildman–Crippen LogP) is -5.11. The van der Waals surface area contributed by atoms with Crippen LogP contribution in [0.3, 0.4) is 0 Å². The van der Waals surface area contributed by atoms with Crippen LogP contribution >= 0.6 is 0 Å². The molecule has 13 N–H and O–H groups in total. The highest BCUT2D eigenvalue weighted by Crippen LogP contribution is 2.01. The van der Waals surface area contributed by atoms with Gasteiger partial charge in [-0.25, -0.2) is 0 Å². The van der Waals surface area contributed by atoms with Crippen molar-refractivity contribution in [3.8, 4) is 0 Å². The van der Waals surface area contributed by atoms with Crippen LogP contribution in [0.25, 0.3) is 0 Å². The molecule has 32 heavy (non-hydrogen) atoms. The van der Waals surface area contributed by atoms with E-state index in [1.54, 1.807) is 0 Å². The molecule has 0 bridgehead atoms. The smallest absolute Gasteiger partial charge is 0.322 e. The first-order valence-electron chi connectivity index (χ1n) is 9.24. The van der Waals surface area contributed by atoms with Crippen LogP contribution in [-0.4, -0.2) is 83.0 Å². The fourth-order valence-corrected chi connectivity index (χ4v) is 2.28. The number of hydrogen-bond acceptors (Lipinski definition) is 8. The van der Waals surface area contributed by atoms with E-state index in [-0.39, 0.29) is 18.9 Å². The first-order chi connectivity index (χ1) is 14.8. The Morgan fingerprint density at radius 1 is 0.812 bits per heavy atom. The van der Waals surface area contributed by atoms with Crippen LogP contribution < -0.4 is 38.9 Å². The SMILES string of the molecule is NC(=O)CC(NC(=O)C(N)CCCN=C(N)N)C(=O)NC(CC(=O)O)C(=O)NCC(=O)O. The van der Waals surface area contributed by atoms with Crippen LogP contribution in [0.4, 0.5) is 0 Å². The highest BCUT2D eigenvalue weighted by atomic mass is 16.4. The molecule has 0 saturated carbocycles. The summed E-state index contributed by atoms with van der Waals surface area (Å²) in [5.41, 5.74) is 21.2. The molecule has 180 valence electrons. The zero-order valence-electron chi connectivity index (χ0n) is 17.1. The minimum absolute atomic E-state index is 0.132. The quantitative estimate of drug-likeness (QED) is 0.0632. The molecule has 0 aromatic rings. The summed E-state index contributed by atoms with van der Waals surface area (Å²) in [5, 5.41) is 23.7. The van der Waals surface area contributed by atoms with Crippen LogP contribution in [0.1, 0.15) is 25.7 Å². The molecule has 0 radical (unpaired) electrons. The van der Waals surface area contributed by atoms with Crippen molar-refractivity contribution in [1.82, 2.24) is 16.0 Å². The second-order valence-corrected chi connectivity index (χ2v) is 6.56. The van der Waals surface area contributed by atoms with Crippen LogP contribution in [0.5, 0.6) is 0 Å². The maximum Gasteiger partial charge on any atom is 0.322 e. The summed E-state index contributed by atoms with van der Waals surface area (Å²) in [6.45, 7) is -0.613. The van der Waals surface area contributed by atoms with Gasteiger partial charge < -0.3 is 49.1 Å². The Hall–Kier alpha value is -3.95.